The molecule has 7 heteroatoms. The Kier molecular flexibility index (Phi) is 6.52. The van der Waals surface area contributed by atoms with E-state index in [9.17, 15) is 18.4 Å². The average Bonchev–Trinajstić information content (AvgIpc) is 2.58. The number of benzene rings is 2. The Labute approximate surface area is 148 Å². The lowest BCUT2D eigenvalue weighted by atomic mass is 10.2. The first-order valence-electron chi connectivity index (χ1n) is 7.55. The first-order valence-corrected chi connectivity index (χ1v) is 8.43. The largest absolute Gasteiger partial charge is 0.452 e. The molecule has 0 aliphatic carbocycles. The zero-order valence-electron chi connectivity index (χ0n) is 13.7. The van der Waals surface area contributed by atoms with Gasteiger partial charge in [-0.1, -0.05) is 18.2 Å². The van der Waals surface area contributed by atoms with Crippen LogP contribution < -0.4 is 5.32 Å². The number of amides is 1. The maximum atomic E-state index is 13.1. The lowest BCUT2D eigenvalue weighted by molar-refractivity contribution is -0.152. The Morgan fingerprint density at radius 1 is 1.04 bits per heavy atom. The van der Waals surface area contributed by atoms with Crippen molar-refractivity contribution in [3.05, 3.63) is 60.2 Å². The van der Waals surface area contributed by atoms with Gasteiger partial charge in [0.2, 0.25) is 0 Å². The maximum Gasteiger partial charge on any atom is 0.319 e. The predicted octanol–water partition coefficient (Wildman–Crippen LogP) is 4.02. The standard InChI is InChI=1S/C18H17F2NO3S/c1-11(17(22)21-13-8-9-15(19)16(20)10-13)24-18(23)12(2)25-14-6-4-3-5-7-14/h3-12H,1-2H3,(H,21,22)/t11-,12-/m1/s1. The fourth-order valence-electron chi connectivity index (χ4n) is 1.89. The quantitative estimate of drug-likeness (QED) is 0.621. The van der Waals surface area contributed by atoms with Crippen molar-refractivity contribution in [3.63, 3.8) is 0 Å². The van der Waals surface area contributed by atoms with Gasteiger partial charge in [-0.3, -0.25) is 9.59 Å². The van der Waals surface area contributed by atoms with Gasteiger partial charge in [-0.05, 0) is 38.1 Å². The molecule has 0 radical (unpaired) electrons. The third-order valence-electron chi connectivity index (χ3n) is 3.24. The Balaban J connectivity index is 1.89. The van der Waals surface area contributed by atoms with Crippen molar-refractivity contribution in [1.29, 1.82) is 0 Å². The van der Waals surface area contributed by atoms with E-state index >= 15 is 0 Å². The van der Waals surface area contributed by atoms with Crippen LogP contribution in [-0.2, 0) is 14.3 Å². The van der Waals surface area contributed by atoms with Gasteiger partial charge in [0.1, 0.15) is 5.25 Å². The summed E-state index contributed by atoms with van der Waals surface area (Å²) in [7, 11) is 0. The number of esters is 1. The van der Waals surface area contributed by atoms with Crippen LogP contribution in [0.15, 0.2) is 53.4 Å². The zero-order chi connectivity index (χ0) is 18.4. The summed E-state index contributed by atoms with van der Waals surface area (Å²) in [4.78, 5) is 25.0. The molecule has 4 nitrogen and oxygen atoms in total. The fraction of sp³-hybridized carbons (Fsp3) is 0.222. The van der Waals surface area contributed by atoms with E-state index in [0.29, 0.717) is 0 Å². The second-order valence-corrected chi connectivity index (χ2v) is 6.68. The van der Waals surface area contributed by atoms with Gasteiger partial charge in [-0.15, -0.1) is 11.8 Å². The predicted molar refractivity (Wildman–Crippen MR) is 92.3 cm³/mol. The number of ether oxygens (including phenoxy) is 1. The molecule has 0 aromatic heterocycles. The van der Waals surface area contributed by atoms with Crippen molar-refractivity contribution in [2.45, 2.75) is 30.1 Å². The molecule has 0 spiro atoms. The first-order chi connectivity index (χ1) is 11.9. The number of rotatable bonds is 6. The van der Waals surface area contributed by atoms with Gasteiger partial charge in [-0.2, -0.15) is 0 Å². The number of carbonyl (C=O) groups excluding carboxylic acids is 2. The first kappa shape index (κ1) is 18.9. The van der Waals surface area contributed by atoms with Gasteiger partial charge in [0, 0.05) is 16.6 Å². The summed E-state index contributed by atoms with van der Waals surface area (Å²) in [5, 5.41) is 1.87. The average molecular weight is 365 g/mol. The molecule has 2 rings (SSSR count). The molecule has 0 fully saturated rings. The van der Waals surface area contributed by atoms with Gasteiger partial charge in [0.05, 0.1) is 0 Å². The van der Waals surface area contributed by atoms with E-state index in [1.54, 1.807) is 6.92 Å². The van der Waals surface area contributed by atoms with Gasteiger partial charge in [-0.25, -0.2) is 8.78 Å². The normalized spacial score (nSPS) is 13.0. The maximum absolute atomic E-state index is 13.1. The summed E-state index contributed by atoms with van der Waals surface area (Å²) in [6.07, 6.45) is -1.07. The molecule has 0 heterocycles. The number of halogens is 2. The molecular formula is C18H17F2NO3S. The summed E-state index contributed by atoms with van der Waals surface area (Å²) in [5.74, 6) is -3.25. The van der Waals surface area contributed by atoms with Gasteiger partial charge in [0.15, 0.2) is 17.7 Å². The number of carbonyl (C=O) groups is 2. The van der Waals surface area contributed by atoms with E-state index < -0.39 is 34.9 Å². The highest BCUT2D eigenvalue weighted by atomic mass is 32.2. The molecule has 2 aromatic rings. The lowest BCUT2D eigenvalue weighted by Gasteiger charge is -2.16. The smallest absolute Gasteiger partial charge is 0.319 e. The van der Waals surface area contributed by atoms with Crippen LogP contribution in [0.1, 0.15) is 13.8 Å². The molecule has 2 aromatic carbocycles. The van der Waals surface area contributed by atoms with Crippen molar-refractivity contribution < 1.29 is 23.1 Å². The lowest BCUT2D eigenvalue weighted by Crippen LogP contribution is -2.32. The minimum atomic E-state index is -1.07. The van der Waals surface area contributed by atoms with Crippen LogP contribution in [0.3, 0.4) is 0 Å². The molecule has 1 amide bonds. The highest BCUT2D eigenvalue weighted by Crippen LogP contribution is 2.24. The summed E-state index contributed by atoms with van der Waals surface area (Å²) in [5.41, 5.74) is 0.0820. The molecule has 2 atom stereocenters. The van der Waals surface area contributed by atoms with Crippen molar-refractivity contribution in [2.24, 2.45) is 0 Å². The number of nitrogens with one attached hydrogen (secondary N) is 1. The molecule has 0 saturated carbocycles. The number of hydrogen-bond donors (Lipinski definition) is 1. The van der Waals surface area contributed by atoms with Crippen molar-refractivity contribution >= 4 is 29.3 Å². The third-order valence-corrected chi connectivity index (χ3v) is 4.33. The van der Waals surface area contributed by atoms with E-state index in [1.807, 2.05) is 30.3 Å². The van der Waals surface area contributed by atoms with Crippen LogP contribution in [0.2, 0.25) is 0 Å². The second kappa shape index (κ2) is 8.62. The Morgan fingerprint density at radius 2 is 1.72 bits per heavy atom. The molecule has 132 valence electrons. The number of thioether (sulfide) groups is 1. The van der Waals surface area contributed by atoms with E-state index in [-0.39, 0.29) is 5.69 Å². The van der Waals surface area contributed by atoms with Crippen LogP contribution in [0.5, 0.6) is 0 Å². The highest BCUT2D eigenvalue weighted by molar-refractivity contribution is 8.00. The molecule has 0 saturated heterocycles. The Hall–Kier alpha value is -2.41. The third kappa shape index (κ3) is 5.56. The summed E-state index contributed by atoms with van der Waals surface area (Å²) in [6.45, 7) is 3.09. The van der Waals surface area contributed by atoms with Gasteiger partial charge in [0.25, 0.3) is 5.91 Å². The fourth-order valence-corrected chi connectivity index (χ4v) is 2.77. The summed E-state index contributed by atoms with van der Waals surface area (Å²) < 4.78 is 31.1. The van der Waals surface area contributed by atoms with E-state index in [2.05, 4.69) is 5.32 Å². The van der Waals surface area contributed by atoms with Gasteiger partial charge >= 0.3 is 5.97 Å². The van der Waals surface area contributed by atoms with Crippen molar-refractivity contribution in [3.8, 4) is 0 Å². The molecule has 0 aliphatic rings. The number of hydrogen-bond acceptors (Lipinski definition) is 4. The second-order valence-electron chi connectivity index (χ2n) is 5.27. The van der Waals surface area contributed by atoms with E-state index in [4.69, 9.17) is 4.74 Å². The number of anilines is 1. The summed E-state index contributed by atoms with van der Waals surface area (Å²) in [6, 6.07) is 12.3. The highest BCUT2D eigenvalue weighted by Gasteiger charge is 2.23. The molecule has 0 aliphatic heterocycles. The molecule has 0 bridgehead atoms. The minimum Gasteiger partial charge on any atom is -0.452 e. The van der Waals surface area contributed by atoms with Crippen molar-refractivity contribution in [1.82, 2.24) is 0 Å². The van der Waals surface area contributed by atoms with Gasteiger partial charge < -0.3 is 10.1 Å². The molecule has 1 N–H and O–H groups in total. The van der Waals surface area contributed by atoms with Crippen LogP contribution in [-0.4, -0.2) is 23.2 Å². The van der Waals surface area contributed by atoms with Crippen LogP contribution in [0, 0.1) is 11.6 Å². The molecule has 0 unspecified atom stereocenters. The molecular weight excluding hydrogens is 348 g/mol. The Bertz CT molecular complexity index is 755. The summed E-state index contributed by atoms with van der Waals surface area (Å²) >= 11 is 1.32. The topological polar surface area (TPSA) is 55.4 Å². The Morgan fingerprint density at radius 3 is 2.36 bits per heavy atom. The molecule has 25 heavy (non-hydrogen) atoms. The van der Waals surface area contributed by atoms with Crippen LogP contribution in [0.25, 0.3) is 0 Å². The van der Waals surface area contributed by atoms with E-state index in [1.165, 1.54) is 24.8 Å². The van der Waals surface area contributed by atoms with E-state index in [0.717, 1.165) is 17.0 Å². The monoisotopic (exact) mass is 365 g/mol. The SMILES string of the molecule is C[C@@H](OC(=O)[C@@H](C)Sc1ccccc1)C(=O)Nc1ccc(F)c(F)c1. The van der Waals surface area contributed by atoms with Crippen LogP contribution in [0.4, 0.5) is 14.5 Å². The van der Waals surface area contributed by atoms with Crippen LogP contribution >= 0.6 is 11.8 Å². The zero-order valence-corrected chi connectivity index (χ0v) is 14.5. The minimum absolute atomic E-state index is 0.0820. The van der Waals surface area contributed by atoms with Crippen molar-refractivity contribution in [2.75, 3.05) is 5.32 Å².